The highest BCUT2D eigenvalue weighted by Gasteiger charge is 2.36. The first-order chi connectivity index (χ1) is 27.1. The van der Waals surface area contributed by atoms with Gasteiger partial charge in [-0.05, 0) is 74.3 Å². The van der Waals surface area contributed by atoms with Crippen LogP contribution in [-0.4, -0.2) is 74.9 Å². The summed E-state index contributed by atoms with van der Waals surface area (Å²) in [6.45, 7) is 19.3. The van der Waals surface area contributed by atoms with Crippen molar-refractivity contribution in [1.82, 2.24) is 33.9 Å². The van der Waals surface area contributed by atoms with E-state index in [9.17, 15) is 9.59 Å². The maximum absolute atomic E-state index is 12.4. The van der Waals surface area contributed by atoms with E-state index in [1.165, 1.54) is 14.2 Å². The van der Waals surface area contributed by atoms with E-state index in [4.69, 9.17) is 33.4 Å². The fraction of sp³-hybridized carbons (Fsp3) is 0.415. The van der Waals surface area contributed by atoms with Gasteiger partial charge < -0.3 is 32.8 Å². The number of esters is 2. The van der Waals surface area contributed by atoms with Gasteiger partial charge in [0.2, 0.25) is 17.8 Å². The van der Waals surface area contributed by atoms with Gasteiger partial charge in [0.15, 0.2) is 14.2 Å². The lowest BCUT2D eigenvalue weighted by atomic mass is 10.2. The number of fused-ring (bicyclic) bond motifs is 2. The average Bonchev–Trinajstić information content (AvgIpc) is 3.92. The van der Waals surface area contributed by atoms with Crippen molar-refractivity contribution in [3.8, 4) is 0 Å². The predicted octanol–water partition coefficient (Wildman–Crippen LogP) is 8.48. The van der Waals surface area contributed by atoms with Crippen LogP contribution in [-0.2, 0) is 40.0 Å². The molecule has 0 atom stereocenters. The fourth-order valence-electron chi connectivity index (χ4n) is 6.27. The number of nitrogens with one attached hydrogen (secondary N) is 2. The second-order valence-electron chi connectivity index (χ2n) is 15.4. The number of benzene rings is 2. The molecule has 4 heterocycles. The largest absolute Gasteiger partial charge is 0.465 e. The zero-order chi connectivity index (χ0) is 41.1. The van der Waals surface area contributed by atoms with Crippen molar-refractivity contribution in [3.63, 3.8) is 0 Å². The van der Waals surface area contributed by atoms with Crippen molar-refractivity contribution in [1.29, 1.82) is 0 Å². The summed E-state index contributed by atoms with van der Waals surface area (Å²) in [5, 5.41) is 11.8. The summed E-state index contributed by atoms with van der Waals surface area (Å²) in [5.41, 5.74) is 5.38. The number of rotatable bonds is 16. The lowest BCUT2D eigenvalue weighted by Gasteiger charge is -2.36. The zero-order valence-electron chi connectivity index (χ0n) is 34.5. The molecule has 0 amide bonds. The van der Waals surface area contributed by atoms with Crippen molar-refractivity contribution < 1.29 is 27.9 Å². The first-order valence-corrected chi connectivity index (χ1v) is 22.0. The smallest absolute Gasteiger partial charge is 0.337 e. The van der Waals surface area contributed by atoms with Gasteiger partial charge in [-0.15, -0.1) is 0 Å². The van der Waals surface area contributed by atoms with Crippen LogP contribution in [0.5, 0.6) is 0 Å². The summed E-state index contributed by atoms with van der Waals surface area (Å²) < 4.78 is 28.3. The number of hydrogen-bond donors (Lipinski definition) is 2. The van der Waals surface area contributed by atoms with E-state index >= 15 is 0 Å². The molecule has 16 heteroatoms. The molecule has 0 spiro atoms. The quantitative estimate of drug-likeness (QED) is 0.0416. The van der Waals surface area contributed by atoms with Crippen LogP contribution in [0.3, 0.4) is 0 Å². The highest BCUT2D eigenvalue weighted by Crippen LogP contribution is 2.36. The third-order valence-electron chi connectivity index (χ3n) is 10.4. The van der Waals surface area contributed by atoms with Crippen molar-refractivity contribution in [3.05, 3.63) is 83.0 Å². The van der Waals surface area contributed by atoms with Gasteiger partial charge in [-0.3, -0.25) is 5.32 Å². The number of anilines is 4. The highest BCUT2D eigenvalue weighted by atomic mass is 28.4. The lowest BCUT2D eigenvalue weighted by molar-refractivity contribution is 0.0592. The van der Waals surface area contributed by atoms with E-state index in [1.54, 1.807) is 31.2 Å². The van der Waals surface area contributed by atoms with Gasteiger partial charge in [0.25, 0.3) is 0 Å². The van der Waals surface area contributed by atoms with Crippen molar-refractivity contribution in [2.24, 2.45) is 0 Å². The number of ether oxygens (including phenoxy) is 2. The maximum Gasteiger partial charge on any atom is 0.337 e. The molecule has 2 N–H and O–H groups in total. The minimum atomic E-state index is -1.86. The second kappa shape index (κ2) is 16.8. The summed E-state index contributed by atoms with van der Waals surface area (Å²) >= 11 is 0. The predicted molar refractivity (Wildman–Crippen MR) is 223 cm³/mol. The molecule has 0 radical (unpaired) electrons. The molecule has 0 aliphatic rings. The Bertz CT molecular complexity index is 2430. The van der Waals surface area contributed by atoms with Gasteiger partial charge in [-0.25, -0.2) is 29.2 Å². The molecule has 6 rings (SSSR count). The third kappa shape index (κ3) is 8.96. The molecular formula is C41H53N9O6Si. The normalized spacial score (nSPS) is 12.2. The Labute approximate surface area is 333 Å². The van der Waals surface area contributed by atoms with Gasteiger partial charge in [0.1, 0.15) is 11.5 Å². The first kappa shape index (κ1) is 40.9. The van der Waals surface area contributed by atoms with Gasteiger partial charge in [0.05, 0.1) is 53.1 Å². The van der Waals surface area contributed by atoms with E-state index in [0.29, 0.717) is 78.5 Å². The summed E-state index contributed by atoms with van der Waals surface area (Å²) in [6, 6.07) is 12.6. The number of carbonyl (C=O) groups is 2. The minimum absolute atomic E-state index is 0.139. The van der Waals surface area contributed by atoms with Gasteiger partial charge >= 0.3 is 11.9 Å². The molecule has 0 fully saturated rings. The molecular weight excluding hydrogens is 743 g/mol. The zero-order valence-corrected chi connectivity index (χ0v) is 35.5. The van der Waals surface area contributed by atoms with Crippen LogP contribution in [0.2, 0.25) is 18.1 Å². The van der Waals surface area contributed by atoms with Crippen molar-refractivity contribution in [2.75, 3.05) is 31.5 Å². The van der Waals surface area contributed by atoms with Gasteiger partial charge in [0, 0.05) is 39.2 Å². The molecule has 2 aromatic carbocycles. The summed E-state index contributed by atoms with van der Waals surface area (Å²) in [7, 11) is 0.852. The average molecular weight is 796 g/mol. The Balaban J connectivity index is 1.28. The third-order valence-corrected chi connectivity index (χ3v) is 14.9. The Hall–Kier alpha value is -5.74. The number of imidazole rings is 2. The number of aryl methyl sites for hydroxylation is 4. The van der Waals surface area contributed by atoms with Crippen LogP contribution in [0, 0.1) is 13.8 Å². The molecule has 15 nitrogen and oxygen atoms in total. The molecule has 0 aliphatic heterocycles. The van der Waals surface area contributed by atoms with Crippen molar-refractivity contribution in [2.45, 2.75) is 92.2 Å². The summed E-state index contributed by atoms with van der Waals surface area (Å²) in [6.07, 6.45) is 5.58. The Morgan fingerprint density at radius 2 is 1.40 bits per heavy atom. The number of carbonyl (C=O) groups excluding carboxylic acids is 2. The Kier molecular flexibility index (Phi) is 12.0. The van der Waals surface area contributed by atoms with E-state index in [1.807, 2.05) is 47.4 Å². The monoisotopic (exact) mass is 795 g/mol. The number of allylic oxidation sites excluding steroid dienone is 2. The molecule has 0 saturated heterocycles. The van der Waals surface area contributed by atoms with Crippen LogP contribution in [0.4, 0.5) is 23.6 Å². The summed E-state index contributed by atoms with van der Waals surface area (Å²) in [4.78, 5) is 39.1. The molecule has 0 unspecified atom stereocenters. The number of hydrogen-bond acceptors (Lipinski definition) is 12. The van der Waals surface area contributed by atoms with Crippen LogP contribution < -0.4 is 10.6 Å². The van der Waals surface area contributed by atoms with E-state index < -0.39 is 20.3 Å². The number of oxazole rings is 1. The maximum atomic E-state index is 12.4. The molecule has 0 aliphatic carbocycles. The van der Waals surface area contributed by atoms with E-state index in [-0.39, 0.29) is 5.04 Å². The van der Waals surface area contributed by atoms with Crippen LogP contribution in [0.25, 0.3) is 22.1 Å². The summed E-state index contributed by atoms with van der Waals surface area (Å²) in [5.74, 6) is 2.12. The second-order valence-corrected chi connectivity index (χ2v) is 20.2. The molecule has 4 aromatic heterocycles. The van der Waals surface area contributed by atoms with Gasteiger partial charge in [-0.1, -0.05) is 39.8 Å². The standard InChI is InChI=1S/C41H53N9O6Si/c1-11-30-36(56-27(3)42-30)46-40-44-32-25-29(38(52)54-8)16-18-34(32)49(40)20-13-12-19-48-33-17-15-28(37(51)53-7)24-31(33)43-39(48)45-35-23-26(2)47-50(35)21-14-22-55-57(9,10)41(4,5)6/h12-13,15-18,23-25H,11,14,19-22H2,1-10H3,(H,43,45)(H,44,46)/b13-12+. The molecule has 0 bridgehead atoms. The Morgan fingerprint density at radius 3 is 1.93 bits per heavy atom. The minimum Gasteiger partial charge on any atom is -0.465 e. The first-order valence-electron chi connectivity index (χ1n) is 19.1. The number of aromatic nitrogens is 7. The van der Waals surface area contributed by atoms with Crippen LogP contribution in [0.1, 0.15) is 72.1 Å². The van der Waals surface area contributed by atoms with Crippen LogP contribution >= 0.6 is 0 Å². The fourth-order valence-corrected chi connectivity index (χ4v) is 7.36. The number of nitrogens with zero attached hydrogens (tertiary/aromatic N) is 7. The van der Waals surface area contributed by atoms with E-state index in [0.717, 1.165) is 34.7 Å². The lowest BCUT2D eigenvalue weighted by Crippen LogP contribution is -2.41. The topological polar surface area (TPSA) is 165 Å². The molecule has 6 aromatic rings. The van der Waals surface area contributed by atoms with Crippen molar-refractivity contribution >= 4 is 65.9 Å². The molecule has 302 valence electrons. The molecule has 57 heavy (non-hydrogen) atoms. The van der Waals surface area contributed by atoms with Gasteiger partial charge in [-0.2, -0.15) is 5.10 Å². The Morgan fingerprint density at radius 1 is 0.842 bits per heavy atom. The number of methoxy groups -OCH3 is 2. The van der Waals surface area contributed by atoms with E-state index in [2.05, 4.69) is 60.1 Å². The highest BCUT2D eigenvalue weighted by molar-refractivity contribution is 6.74. The van der Waals surface area contributed by atoms with Crippen LogP contribution in [0.15, 0.2) is 59.0 Å². The molecule has 0 saturated carbocycles. The SMILES string of the molecule is CCc1nc(C)oc1Nc1nc2cc(C(=O)OC)ccc2n1C/C=C/Cn1c(Nc2cc(C)nn2CCCO[Si](C)(C)C(C)(C)C)nc2cc(C(=O)OC)ccc21.